The number of rotatable bonds is 3. The normalized spacial score (nSPS) is 10.9. The minimum atomic E-state index is -0.967. The van der Waals surface area contributed by atoms with Crippen LogP contribution in [0.25, 0.3) is 11.0 Å². The molecule has 0 aliphatic heterocycles. The van der Waals surface area contributed by atoms with Crippen molar-refractivity contribution in [3.8, 4) is 0 Å². The Morgan fingerprint density at radius 1 is 1.44 bits per heavy atom. The van der Waals surface area contributed by atoms with Crippen molar-refractivity contribution in [2.75, 3.05) is 0 Å². The summed E-state index contributed by atoms with van der Waals surface area (Å²) in [6.07, 6.45) is 0. The van der Waals surface area contributed by atoms with E-state index in [1.54, 1.807) is 22.3 Å². The van der Waals surface area contributed by atoms with Crippen LogP contribution in [0.1, 0.15) is 16.1 Å². The molecule has 0 unspecified atom stereocenters. The van der Waals surface area contributed by atoms with Gasteiger partial charge >= 0.3 is 5.97 Å². The lowest BCUT2D eigenvalue weighted by molar-refractivity contribution is 0.0697. The third kappa shape index (κ3) is 1.84. The van der Waals surface area contributed by atoms with Gasteiger partial charge in [0.1, 0.15) is 5.52 Å². The van der Waals surface area contributed by atoms with E-state index in [-0.39, 0.29) is 5.56 Å². The Kier molecular flexibility index (Phi) is 2.52. The number of aromatic nitrogens is 4. The summed E-state index contributed by atoms with van der Waals surface area (Å²) in [4.78, 5) is 15.0. The molecule has 90 valence electrons. The first-order chi connectivity index (χ1) is 8.74. The fraction of sp³-hybridized carbons (Fsp3) is 0.0909. The van der Waals surface area contributed by atoms with E-state index in [9.17, 15) is 4.79 Å². The number of benzene rings is 1. The van der Waals surface area contributed by atoms with E-state index in [0.717, 1.165) is 11.2 Å². The molecule has 0 aliphatic rings. The standard InChI is InChI=1S/C11H8N4O2S/c16-11(17)7-1-2-10-9(3-7)13-14-15(10)4-8-5-18-6-12-8/h1-3,5-6H,4H2,(H,16,17). The van der Waals surface area contributed by atoms with E-state index in [4.69, 9.17) is 5.11 Å². The number of hydrogen-bond donors (Lipinski definition) is 1. The molecule has 0 atom stereocenters. The maximum Gasteiger partial charge on any atom is 0.335 e. The molecule has 3 aromatic rings. The summed E-state index contributed by atoms with van der Waals surface area (Å²) >= 11 is 1.52. The van der Waals surface area contributed by atoms with Crippen molar-refractivity contribution < 1.29 is 9.90 Å². The van der Waals surface area contributed by atoms with E-state index in [0.29, 0.717) is 12.1 Å². The molecule has 2 heterocycles. The molecule has 6 nitrogen and oxygen atoms in total. The largest absolute Gasteiger partial charge is 0.478 e. The van der Waals surface area contributed by atoms with Crippen LogP contribution < -0.4 is 0 Å². The van der Waals surface area contributed by atoms with Crippen LogP contribution in [0.4, 0.5) is 0 Å². The van der Waals surface area contributed by atoms with Gasteiger partial charge in [0.25, 0.3) is 0 Å². The minimum Gasteiger partial charge on any atom is -0.478 e. The van der Waals surface area contributed by atoms with Gasteiger partial charge in [0.15, 0.2) is 0 Å². The Bertz CT molecular complexity index is 705. The Labute approximate surface area is 106 Å². The Balaban J connectivity index is 2.02. The number of carboxylic acid groups (broad SMARTS) is 1. The molecular formula is C11H8N4O2S. The molecule has 0 saturated heterocycles. The van der Waals surface area contributed by atoms with Crippen LogP contribution in [0, 0.1) is 0 Å². The fourth-order valence-corrected chi connectivity index (χ4v) is 2.24. The average Bonchev–Trinajstić information content (AvgIpc) is 2.99. The topological polar surface area (TPSA) is 80.9 Å². The van der Waals surface area contributed by atoms with Gasteiger partial charge in [-0.3, -0.25) is 0 Å². The second-order valence-electron chi connectivity index (χ2n) is 3.74. The van der Waals surface area contributed by atoms with Gasteiger partial charge in [0, 0.05) is 5.38 Å². The van der Waals surface area contributed by atoms with Gasteiger partial charge in [-0.1, -0.05) is 5.21 Å². The van der Waals surface area contributed by atoms with Gasteiger partial charge in [-0.25, -0.2) is 14.5 Å². The monoisotopic (exact) mass is 260 g/mol. The molecule has 0 fully saturated rings. The molecule has 0 saturated carbocycles. The fourth-order valence-electron chi connectivity index (χ4n) is 1.69. The molecule has 1 aromatic carbocycles. The highest BCUT2D eigenvalue weighted by Crippen LogP contribution is 2.15. The summed E-state index contributed by atoms with van der Waals surface area (Å²) in [5.41, 5.74) is 4.26. The van der Waals surface area contributed by atoms with Gasteiger partial charge in [-0.15, -0.1) is 16.4 Å². The number of aromatic carboxylic acids is 1. The molecule has 3 rings (SSSR count). The van der Waals surface area contributed by atoms with Gasteiger partial charge in [0.05, 0.1) is 28.8 Å². The maximum absolute atomic E-state index is 10.8. The molecule has 18 heavy (non-hydrogen) atoms. The molecule has 0 aliphatic carbocycles. The lowest BCUT2D eigenvalue weighted by atomic mass is 10.2. The molecule has 0 bridgehead atoms. The van der Waals surface area contributed by atoms with Crippen molar-refractivity contribution in [1.82, 2.24) is 20.0 Å². The van der Waals surface area contributed by atoms with Gasteiger partial charge in [-0.05, 0) is 18.2 Å². The van der Waals surface area contributed by atoms with E-state index < -0.39 is 5.97 Å². The van der Waals surface area contributed by atoms with E-state index in [2.05, 4.69) is 15.3 Å². The van der Waals surface area contributed by atoms with Crippen molar-refractivity contribution in [2.45, 2.75) is 6.54 Å². The van der Waals surface area contributed by atoms with Crippen LogP contribution in [-0.4, -0.2) is 31.1 Å². The first kappa shape index (κ1) is 10.8. The van der Waals surface area contributed by atoms with Crippen molar-refractivity contribution in [3.63, 3.8) is 0 Å². The predicted octanol–water partition coefficient (Wildman–Crippen LogP) is 1.63. The minimum absolute atomic E-state index is 0.211. The maximum atomic E-state index is 10.8. The third-order valence-electron chi connectivity index (χ3n) is 2.56. The molecular weight excluding hydrogens is 252 g/mol. The zero-order valence-corrected chi connectivity index (χ0v) is 9.96. The number of nitrogens with zero attached hydrogens (tertiary/aromatic N) is 4. The summed E-state index contributed by atoms with van der Waals surface area (Å²) < 4.78 is 1.70. The van der Waals surface area contributed by atoms with E-state index >= 15 is 0 Å². The van der Waals surface area contributed by atoms with Gasteiger partial charge < -0.3 is 5.11 Å². The first-order valence-corrected chi connectivity index (χ1v) is 6.12. The van der Waals surface area contributed by atoms with E-state index in [1.165, 1.54) is 17.4 Å². The Hall–Kier alpha value is -2.28. The predicted molar refractivity (Wildman–Crippen MR) is 65.7 cm³/mol. The average molecular weight is 260 g/mol. The van der Waals surface area contributed by atoms with Crippen LogP contribution in [0.3, 0.4) is 0 Å². The molecule has 1 N–H and O–H groups in total. The number of hydrogen-bond acceptors (Lipinski definition) is 5. The highest BCUT2D eigenvalue weighted by molar-refractivity contribution is 7.07. The summed E-state index contributed by atoms with van der Waals surface area (Å²) in [6, 6.07) is 4.78. The second-order valence-corrected chi connectivity index (χ2v) is 4.45. The Morgan fingerprint density at radius 3 is 3.06 bits per heavy atom. The summed E-state index contributed by atoms with van der Waals surface area (Å²) in [7, 11) is 0. The van der Waals surface area contributed by atoms with Crippen LogP contribution in [0.5, 0.6) is 0 Å². The highest BCUT2D eigenvalue weighted by Gasteiger charge is 2.09. The summed E-state index contributed by atoms with van der Waals surface area (Å²) in [6.45, 7) is 0.534. The molecule has 7 heteroatoms. The van der Waals surface area contributed by atoms with Crippen LogP contribution >= 0.6 is 11.3 Å². The molecule has 0 radical (unpaired) electrons. The number of fused-ring (bicyclic) bond motifs is 1. The quantitative estimate of drug-likeness (QED) is 0.774. The van der Waals surface area contributed by atoms with Crippen molar-refractivity contribution in [3.05, 3.63) is 40.3 Å². The summed E-state index contributed by atoms with van der Waals surface area (Å²) in [5, 5.41) is 18.8. The van der Waals surface area contributed by atoms with Crippen molar-refractivity contribution in [1.29, 1.82) is 0 Å². The smallest absolute Gasteiger partial charge is 0.335 e. The zero-order valence-electron chi connectivity index (χ0n) is 9.15. The molecule has 0 amide bonds. The SMILES string of the molecule is O=C(O)c1ccc2c(c1)nnn2Cc1cscn1. The first-order valence-electron chi connectivity index (χ1n) is 5.17. The molecule has 0 spiro atoms. The van der Waals surface area contributed by atoms with Crippen molar-refractivity contribution >= 4 is 28.3 Å². The van der Waals surface area contributed by atoms with Crippen LogP contribution in [0.2, 0.25) is 0 Å². The number of thiazole rings is 1. The van der Waals surface area contributed by atoms with E-state index in [1.807, 2.05) is 5.38 Å². The second kappa shape index (κ2) is 4.19. The lowest BCUT2D eigenvalue weighted by Gasteiger charge is -1.99. The zero-order chi connectivity index (χ0) is 12.5. The van der Waals surface area contributed by atoms with Crippen LogP contribution in [-0.2, 0) is 6.54 Å². The number of carbonyl (C=O) groups is 1. The van der Waals surface area contributed by atoms with Crippen molar-refractivity contribution in [2.24, 2.45) is 0 Å². The van der Waals surface area contributed by atoms with Crippen LogP contribution in [0.15, 0.2) is 29.1 Å². The molecule has 2 aromatic heterocycles. The highest BCUT2D eigenvalue weighted by atomic mass is 32.1. The Morgan fingerprint density at radius 2 is 2.33 bits per heavy atom. The summed E-state index contributed by atoms with van der Waals surface area (Å²) in [5.74, 6) is -0.967. The third-order valence-corrected chi connectivity index (χ3v) is 3.19. The van der Waals surface area contributed by atoms with Gasteiger partial charge in [0.2, 0.25) is 0 Å². The number of carboxylic acids is 1. The van der Waals surface area contributed by atoms with Gasteiger partial charge in [-0.2, -0.15) is 0 Å². The lowest BCUT2D eigenvalue weighted by Crippen LogP contribution is -2.02.